The quantitative estimate of drug-likeness (QED) is 0.795. The van der Waals surface area contributed by atoms with Crippen LogP contribution in [-0.4, -0.2) is 53.4 Å². The molecule has 3 rings (SSSR count). The predicted molar refractivity (Wildman–Crippen MR) is 116 cm³/mol. The van der Waals surface area contributed by atoms with E-state index in [0.29, 0.717) is 53.2 Å². The maximum absolute atomic E-state index is 12.8. The molecule has 0 unspecified atom stereocenters. The van der Waals surface area contributed by atoms with E-state index in [4.69, 9.17) is 23.2 Å². The van der Waals surface area contributed by atoms with Crippen LogP contribution in [0.2, 0.25) is 10.0 Å². The highest BCUT2D eigenvalue weighted by Crippen LogP contribution is 2.27. The van der Waals surface area contributed by atoms with Gasteiger partial charge in [0.1, 0.15) is 5.82 Å². The molecule has 2 aromatic rings. The molecule has 6 nitrogen and oxygen atoms in total. The Morgan fingerprint density at radius 2 is 1.59 bits per heavy atom. The van der Waals surface area contributed by atoms with Crippen LogP contribution < -0.4 is 10.2 Å². The number of aromatic nitrogens is 1. The van der Waals surface area contributed by atoms with Crippen molar-refractivity contribution in [2.75, 3.05) is 31.1 Å². The van der Waals surface area contributed by atoms with E-state index in [2.05, 4.69) is 10.3 Å². The number of pyridine rings is 1. The number of hydrogen-bond acceptors (Lipinski definition) is 4. The molecule has 1 saturated heterocycles. The third kappa shape index (κ3) is 5.40. The van der Waals surface area contributed by atoms with Crippen molar-refractivity contribution in [3.8, 4) is 0 Å². The predicted octanol–water partition coefficient (Wildman–Crippen LogP) is 3.88. The SMILES string of the molecule is CC(C)(C)NC(=O)c1ccc(C(=O)N2CCN(c3ncc(Cl)cc3Cl)CC2)cc1. The van der Waals surface area contributed by atoms with Crippen molar-refractivity contribution in [2.24, 2.45) is 0 Å². The number of amides is 2. The van der Waals surface area contributed by atoms with Crippen LogP contribution in [0.25, 0.3) is 0 Å². The van der Waals surface area contributed by atoms with Crippen molar-refractivity contribution < 1.29 is 9.59 Å². The zero-order chi connectivity index (χ0) is 21.2. The maximum atomic E-state index is 12.8. The Bertz CT molecular complexity index is 902. The minimum Gasteiger partial charge on any atom is -0.352 e. The third-order valence-corrected chi connectivity index (χ3v) is 5.02. The van der Waals surface area contributed by atoms with Gasteiger partial charge in [0.2, 0.25) is 0 Å². The number of hydrogen-bond donors (Lipinski definition) is 1. The summed E-state index contributed by atoms with van der Waals surface area (Å²) in [7, 11) is 0. The monoisotopic (exact) mass is 434 g/mol. The standard InChI is InChI=1S/C21H24Cl2N4O2/c1-21(2,3)25-19(28)14-4-6-15(7-5-14)20(29)27-10-8-26(9-11-27)18-17(23)12-16(22)13-24-18/h4-7,12-13H,8-11H2,1-3H3,(H,25,28). The van der Waals surface area contributed by atoms with Gasteiger partial charge in [0.25, 0.3) is 11.8 Å². The molecular weight excluding hydrogens is 411 g/mol. The minimum atomic E-state index is -0.312. The van der Waals surface area contributed by atoms with Gasteiger partial charge in [-0.25, -0.2) is 4.98 Å². The van der Waals surface area contributed by atoms with E-state index < -0.39 is 0 Å². The Balaban J connectivity index is 1.61. The summed E-state index contributed by atoms with van der Waals surface area (Å²) in [5.41, 5.74) is 0.783. The first-order valence-electron chi connectivity index (χ1n) is 9.42. The average molecular weight is 435 g/mol. The fourth-order valence-corrected chi connectivity index (χ4v) is 3.62. The van der Waals surface area contributed by atoms with Crippen LogP contribution in [0, 0.1) is 0 Å². The number of nitrogens with one attached hydrogen (secondary N) is 1. The van der Waals surface area contributed by atoms with E-state index in [1.54, 1.807) is 41.4 Å². The molecule has 1 aliphatic rings. The summed E-state index contributed by atoms with van der Waals surface area (Å²) < 4.78 is 0. The lowest BCUT2D eigenvalue weighted by atomic mass is 10.1. The van der Waals surface area contributed by atoms with Crippen LogP contribution in [-0.2, 0) is 0 Å². The molecule has 0 bridgehead atoms. The van der Waals surface area contributed by atoms with Gasteiger partial charge in [0, 0.05) is 49.0 Å². The van der Waals surface area contributed by atoms with Crippen molar-refractivity contribution in [3.63, 3.8) is 0 Å². The summed E-state index contributed by atoms with van der Waals surface area (Å²) in [5, 5.41) is 3.91. The van der Waals surface area contributed by atoms with E-state index in [1.807, 2.05) is 25.7 Å². The summed E-state index contributed by atoms with van der Waals surface area (Å²) in [4.78, 5) is 33.2. The summed E-state index contributed by atoms with van der Waals surface area (Å²) in [6.07, 6.45) is 1.57. The Morgan fingerprint density at radius 1 is 1.00 bits per heavy atom. The third-order valence-electron chi connectivity index (χ3n) is 4.54. The second-order valence-corrected chi connectivity index (χ2v) is 8.86. The van der Waals surface area contributed by atoms with Gasteiger partial charge in [-0.05, 0) is 51.1 Å². The highest BCUT2D eigenvalue weighted by molar-refractivity contribution is 6.36. The number of anilines is 1. The first kappa shape index (κ1) is 21.4. The van der Waals surface area contributed by atoms with E-state index in [-0.39, 0.29) is 17.4 Å². The van der Waals surface area contributed by atoms with Gasteiger partial charge in [-0.2, -0.15) is 0 Å². The maximum Gasteiger partial charge on any atom is 0.253 e. The van der Waals surface area contributed by atoms with E-state index >= 15 is 0 Å². The number of rotatable bonds is 3. The van der Waals surface area contributed by atoms with E-state index in [1.165, 1.54) is 0 Å². The van der Waals surface area contributed by atoms with Gasteiger partial charge in [-0.3, -0.25) is 9.59 Å². The molecule has 0 saturated carbocycles. The molecular formula is C21H24Cl2N4O2. The Hall–Kier alpha value is -2.31. The van der Waals surface area contributed by atoms with Crippen LogP contribution in [0.3, 0.4) is 0 Å². The van der Waals surface area contributed by atoms with Gasteiger partial charge >= 0.3 is 0 Å². The topological polar surface area (TPSA) is 65.5 Å². The van der Waals surface area contributed by atoms with E-state index in [0.717, 1.165) is 0 Å². The van der Waals surface area contributed by atoms with E-state index in [9.17, 15) is 9.59 Å². The van der Waals surface area contributed by atoms with Crippen LogP contribution in [0.1, 0.15) is 41.5 Å². The van der Waals surface area contributed by atoms with Gasteiger partial charge in [0.15, 0.2) is 0 Å². The average Bonchev–Trinajstić information content (AvgIpc) is 2.66. The Labute approximate surface area is 180 Å². The van der Waals surface area contributed by atoms with Crippen LogP contribution in [0.5, 0.6) is 0 Å². The molecule has 154 valence electrons. The molecule has 2 amide bonds. The van der Waals surface area contributed by atoms with Gasteiger partial charge in [0.05, 0.1) is 10.0 Å². The van der Waals surface area contributed by atoms with Crippen molar-refractivity contribution in [1.29, 1.82) is 0 Å². The lowest BCUT2D eigenvalue weighted by molar-refractivity contribution is 0.0745. The second-order valence-electron chi connectivity index (χ2n) is 8.02. The van der Waals surface area contributed by atoms with Crippen LogP contribution in [0.4, 0.5) is 5.82 Å². The summed E-state index contributed by atoms with van der Waals surface area (Å²) >= 11 is 12.1. The molecule has 29 heavy (non-hydrogen) atoms. The molecule has 1 aromatic heterocycles. The number of nitrogens with zero attached hydrogens (tertiary/aromatic N) is 3. The van der Waals surface area contributed by atoms with Gasteiger partial charge in [-0.15, -0.1) is 0 Å². The molecule has 1 N–H and O–H groups in total. The number of carbonyl (C=O) groups excluding carboxylic acids is 2. The second kappa shape index (κ2) is 8.59. The van der Waals surface area contributed by atoms with Gasteiger partial charge < -0.3 is 15.1 Å². The van der Waals surface area contributed by atoms with Crippen molar-refractivity contribution in [3.05, 3.63) is 57.7 Å². The van der Waals surface area contributed by atoms with Gasteiger partial charge in [-0.1, -0.05) is 23.2 Å². The summed E-state index contributed by atoms with van der Waals surface area (Å²) in [6.45, 7) is 8.16. The first-order chi connectivity index (χ1) is 13.6. The molecule has 0 radical (unpaired) electrons. The molecule has 1 fully saturated rings. The molecule has 0 atom stereocenters. The Kier molecular flexibility index (Phi) is 6.34. The molecule has 8 heteroatoms. The minimum absolute atomic E-state index is 0.0532. The van der Waals surface area contributed by atoms with Crippen LogP contribution >= 0.6 is 23.2 Å². The highest BCUT2D eigenvalue weighted by Gasteiger charge is 2.24. The smallest absolute Gasteiger partial charge is 0.253 e. The number of piperazine rings is 1. The molecule has 1 aromatic carbocycles. The summed E-state index contributed by atoms with van der Waals surface area (Å²) in [6, 6.07) is 8.43. The fourth-order valence-electron chi connectivity index (χ4n) is 3.12. The highest BCUT2D eigenvalue weighted by atomic mass is 35.5. The van der Waals surface area contributed by atoms with Crippen LogP contribution in [0.15, 0.2) is 36.5 Å². The lowest BCUT2D eigenvalue weighted by Crippen LogP contribution is -2.49. The lowest BCUT2D eigenvalue weighted by Gasteiger charge is -2.35. The molecule has 0 aliphatic carbocycles. The normalized spacial score (nSPS) is 14.7. The molecule has 1 aliphatic heterocycles. The largest absolute Gasteiger partial charge is 0.352 e. The fraction of sp³-hybridized carbons (Fsp3) is 0.381. The molecule has 0 spiro atoms. The zero-order valence-electron chi connectivity index (χ0n) is 16.7. The number of halogens is 2. The van der Waals surface area contributed by atoms with Crippen molar-refractivity contribution >= 4 is 40.8 Å². The number of benzene rings is 1. The Morgan fingerprint density at radius 3 is 2.14 bits per heavy atom. The zero-order valence-corrected chi connectivity index (χ0v) is 18.2. The first-order valence-corrected chi connectivity index (χ1v) is 10.2. The van der Waals surface area contributed by atoms with Crippen molar-refractivity contribution in [2.45, 2.75) is 26.3 Å². The van der Waals surface area contributed by atoms with Crippen molar-refractivity contribution in [1.82, 2.24) is 15.2 Å². The molecule has 2 heterocycles. The number of carbonyl (C=O) groups is 2. The summed E-state index contributed by atoms with van der Waals surface area (Å²) in [5.74, 6) is 0.470.